The van der Waals surface area contributed by atoms with Crippen molar-refractivity contribution in [1.82, 2.24) is 14.9 Å². The van der Waals surface area contributed by atoms with Crippen molar-refractivity contribution < 1.29 is 0 Å². The molecule has 1 N–H and O–H groups in total. The molecule has 0 amide bonds. The number of thiocarbonyl (C=S) groups is 1. The molecule has 172 valence electrons. The fourth-order valence-corrected chi connectivity index (χ4v) is 5.49. The van der Waals surface area contributed by atoms with Gasteiger partial charge in [0.25, 0.3) is 0 Å². The van der Waals surface area contributed by atoms with Crippen LogP contribution in [0.3, 0.4) is 0 Å². The smallest absolute Gasteiger partial charge is 0.174 e. The molecule has 5 rings (SSSR count). The molecular formula is C27H24Cl2N4S. The number of aryl methyl sites for hydroxylation is 1. The van der Waals surface area contributed by atoms with Crippen LogP contribution < -0.4 is 10.2 Å². The van der Waals surface area contributed by atoms with E-state index in [1.165, 1.54) is 5.56 Å². The lowest BCUT2D eigenvalue weighted by Crippen LogP contribution is -2.29. The van der Waals surface area contributed by atoms with E-state index in [9.17, 15) is 0 Å². The fourth-order valence-electron chi connectivity index (χ4n) is 4.85. The Kier molecular flexibility index (Phi) is 6.11. The van der Waals surface area contributed by atoms with Gasteiger partial charge in [-0.3, -0.25) is 4.98 Å². The molecule has 2 aromatic heterocycles. The molecule has 34 heavy (non-hydrogen) atoms. The Morgan fingerprint density at radius 1 is 0.941 bits per heavy atom. The van der Waals surface area contributed by atoms with Crippen LogP contribution in [0.2, 0.25) is 10.0 Å². The Bertz CT molecular complexity index is 1370. The zero-order chi connectivity index (χ0) is 24.0. The Hall–Kier alpha value is -2.86. The molecule has 1 aliphatic heterocycles. The van der Waals surface area contributed by atoms with Crippen LogP contribution >= 0.6 is 35.4 Å². The number of hydrogen-bond acceptors (Lipinski definition) is 2. The number of halogens is 2. The molecule has 1 aliphatic rings. The lowest BCUT2D eigenvalue weighted by atomic mass is 9.96. The van der Waals surface area contributed by atoms with E-state index < -0.39 is 0 Å². The topological polar surface area (TPSA) is 33.1 Å². The molecule has 3 heterocycles. The number of pyridine rings is 1. The first-order valence-electron chi connectivity index (χ1n) is 11.1. The van der Waals surface area contributed by atoms with Crippen LogP contribution in [-0.2, 0) is 0 Å². The summed E-state index contributed by atoms with van der Waals surface area (Å²) < 4.78 is 2.27. The Balaban J connectivity index is 1.70. The van der Waals surface area contributed by atoms with E-state index in [2.05, 4.69) is 52.7 Å². The van der Waals surface area contributed by atoms with Gasteiger partial charge in [-0.1, -0.05) is 35.3 Å². The van der Waals surface area contributed by atoms with Gasteiger partial charge in [-0.25, -0.2) is 0 Å². The van der Waals surface area contributed by atoms with Gasteiger partial charge < -0.3 is 14.8 Å². The van der Waals surface area contributed by atoms with Crippen molar-refractivity contribution in [3.8, 4) is 5.69 Å². The summed E-state index contributed by atoms with van der Waals surface area (Å²) in [6.07, 6.45) is 1.82. The molecule has 7 heteroatoms. The first kappa shape index (κ1) is 22.9. The Morgan fingerprint density at radius 3 is 2.41 bits per heavy atom. The monoisotopic (exact) mass is 506 g/mol. The highest BCUT2D eigenvalue weighted by molar-refractivity contribution is 7.80. The van der Waals surface area contributed by atoms with E-state index in [4.69, 9.17) is 35.4 Å². The standard InChI is InChI=1S/C27H24Cl2N4S/c1-16-15-21(18(3)32(16)24-9-6-7-22(29)17(24)2)26-25(23-8-4-5-14-30-23)31-27(34)33(26)20-12-10-19(28)11-13-20/h4-15,25-26H,1-3H3,(H,31,34)/t25-,26+/m0/s1. The fraction of sp³-hybridized carbons (Fsp3) is 0.185. The molecule has 0 unspecified atom stereocenters. The number of nitrogens with one attached hydrogen (secondary N) is 1. The van der Waals surface area contributed by atoms with E-state index >= 15 is 0 Å². The lowest BCUT2D eigenvalue weighted by Gasteiger charge is -2.28. The van der Waals surface area contributed by atoms with Crippen molar-refractivity contribution in [2.24, 2.45) is 0 Å². The third-order valence-electron chi connectivity index (χ3n) is 6.47. The highest BCUT2D eigenvalue weighted by atomic mass is 35.5. The van der Waals surface area contributed by atoms with Crippen molar-refractivity contribution in [3.63, 3.8) is 0 Å². The van der Waals surface area contributed by atoms with E-state index in [1.54, 1.807) is 0 Å². The maximum Gasteiger partial charge on any atom is 0.174 e. The number of hydrogen-bond donors (Lipinski definition) is 1. The second kappa shape index (κ2) is 9.06. The van der Waals surface area contributed by atoms with Gasteiger partial charge in [0.1, 0.15) is 0 Å². The van der Waals surface area contributed by atoms with Gasteiger partial charge in [-0.05, 0) is 98.7 Å². The third kappa shape index (κ3) is 3.88. The van der Waals surface area contributed by atoms with Gasteiger partial charge >= 0.3 is 0 Å². The molecule has 0 saturated carbocycles. The minimum absolute atomic E-state index is 0.0944. The van der Waals surface area contributed by atoms with Crippen LogP contribution in [0, 0.1) is 20.8 Å². The summed E-state index contributed by atoms with van der Waals surface area (Å²) in [7, 11) is 0. The molecule has 4 aromatic rings. The van der Waals surface area contributed by atoms with Crippen LogP contribution in [0.5, 0.6) is 0 Å². The number of benzene rings is 2. The molecule has 0 spiro atoms. The summed E-state index contributed by atoms with van der Waals surface area (Å²) in [6.45, 7) is 6.33. The van der Waals surface area contributed by atoms with Crippen molar-refractivity contribution in [3.05, 3.63) is 111 Å². The number of anilines is 1. The zero-order valence-electron chi connectivity index (χ0n) is 19.1. The van der Waals surface area contributed by atoms with Crippen LogP contribution in [0.4, 0.5) is 5.69 Å². The summed E-state index contributed by atoms with van der Waals surface area (Å²) in [5.41, 5.74) is 7.49. The summed E-state index contributed by atoms with van der Waals surface area (Å²) in [5.74, 6) is 0. The van der Waals surface area contributed by atoms with Crippen molar-refractivity contribution in [2.75, 3.05) is 4.90 Å². The second-order valence-corrected chi connectivity index (χ2v) is 9.75. The average molecular weight is 507 g/mol. The van der Waals surface area contributed by atoms with Gasteiger partial charge in [0.05, 0.1) is 17.8 Å². The molecule has 0 bridgehead atoms. The molecule has 4 nitrogen and oxygen atoms in total. The molecule has 2 atom stereocenters. The van der Waals surface area contributed by atoms with E-state index in [0.29, 0.717) is 10.1 Å². The Labute approximate surface area is 215 Å². The Morgan fingerprint density at radius 2 is 1.71 bits per heavy atom. The summed E-state index contributed by atoms with van der Waals surface area (Å²) in [6, 6.07) is 21.8. The van der Waals surface area contributed by atoms with Crippen molar-refractivity contribution >= 4 is 46.2 Å². The first-order valence-corrected chi connectivity index (χ1v) is 12.2. The summed E-state index contributed by atoms with van der Waals surface area (Å²) >= 11 is 18.5. The van der Waals surface area contributed by atoms with E-state index in [0.717, 1.165) is 39.0 Å². The summed E-state index contributed by atoms with van der Waals surface area (Å²) in [5, 5.41) is 5.63. The highest BCUT2D eigenvalue weighted by Gasteiger charge is 2.42. The maximum absolute atomic E-state index is 6.47. The van der Waals surface area contributed by atoms with Gasteiger partial charge in [-0.15, -0.1) is 0 Å². The van der Waals surface area contributed by atoms with E-state index in [1.807, 2.05) is 60.8 Å². The van der Waals surface area contributed by atoms with Gasteiger partial charge in [0.15, 0.2) is 5.11 Å². The van der Waals surface area contributed by atoms with Crippen molar-refractivity contribution in [2.45, 2.75) is 32.9 Å². The van der Waals surface area contributed by atoms with Crippen LogP contribution in [-0.4, -0.2) is 14.7 Å². The van der Waals surface area contributed by atoms with Crippen LogP contribution in [0.15, 0.2) is 72.9 Å². The van der Waals surface area contributed by atoms with Gasteiger partial charge in [0, 0.05) is 39.0 Å². The molecule has 1 fully saturated rings. The van der Waals surface area contributed by atoms with E-state index in [-0.39, 0.29) is 12.1 Å². The molecule has 2 aromatic carbocycles. The van der Waals surface area contributed by atoms with Crippen LogP contribution in [0.25, 0.3) is 5.69 Å². The predicted molar refractivity (Wildman–Crippen MR) is 144 cm³/mol. The maximum atomic E-state index is 6.47. The SMILES string of the molecule is Cc1c(Cl)cccc1-n1c(C)cc([C@@H]2[C@H](c3ccccn3)NC(=S)N2c2ccc(Cl)cc2)c1C. The summed E-state index contributed by atoms with van der Waals surface area (Å²) in [4.78, 5) is 6.83. The molecular weight excluding hydrogens is 483 g/mol. The van der Waals surface area contributed by atoms with Crippen LogP contribution in [0.1, 0.15) is 40.3 Å². The van der Waals surface area contributed by atoms with Gasteiger partial charge in [0.2, 0.25) is 0 Å². The molecule has 0 radical (unpaired) electrons. The quantitative estimate of drug-likeness (QED) is 0.294. The normalized spacial score (nSPS) is 17.8. The van der Waals surface area contributed by atoms with Crippen molar-refractivity contribution in [1.29, 1.82) is 0 Å². The molecule has 1 saturated heterocycles. The second-order valence-electron chi connectivity index (χ2n) is 8.52. The predicted octanol–water partition coefficient (Wildman–Crippen LogP) is 7.28. The first-order chi connectivity index (χ1) is 16.4. The highest BCUT2D eigenvalue weighted by Crippen LogP contribution is 2.44. The molecule has 0 aliphatic carbocycles. The number of aromatic nitrogens is 2. The minimum Gasteiger partial charge on any atom is -0.351 e. The largest absolute Gasteiger partial charge is 0.351 e. The number of rotatable bonds is 4. The lowest BCUT2D eigenvalue weighted by molar-refractivity contribution is 0.565. The zero-order valence-corrected chi connectivity index (χ0v) is 21.4. The van der Waals surface area contributed by atoms with Gasteiger partial charge in [-0.2, -0.15) is 0 Å². The third-order valence-corrected chi connectivity index (χ3v) is 7.45. The number of nitrogens with zero attached hydrogens (tertiary/aromatic N) is 3. The minimum atomic E-state index is -0.112. The average Bonchev–Trinajstić information content (AvgIpc) is 3.32.